The van der Waals surface area contributed by atoms with E-state index < -0.39 is 29.2 Å². The first-order chi connectivity index (χ1) is 9.88. The molecule has 21 heavy (non-hydrogen) atoms. The van der Waals surface area contributed by atoms with Crippen molar-refractivity contribution in [3.63, 3.8) is 0 Å². The van der Waals surface area contributed by atoms with Gasteiger partial charge in [-0.15, -0.1) is 10.2 Å². The maximum atomic E-state index is 12.7. The zero-order valence-electron chi connectivity index (χ0n) is 10.3. The van der Waals surface area contributed by atoms with Crippen LogP contribution in [-0.2, 0) is 15.8 Å². The Morgan fingerprint density at radius 1 is 1.05 bits per heavy atom. The summed E-state index contributed by atoms with van der Waals surface area (Å²) in [6.07, 6.45) is -2.43. The van der Waals surface area contributed by atoms with E-state index in [1.54, 1.807) is 0 Å². The van der Waals surface area contributed by atoms with Crippen LogP contribution in [0.5, 0.6) is 0 Å². The molecular formula is C11H8F3N5O2. The summed E-state index contributed by atoms with van der Waals surface area (Å²) < 4.78 is 39.2. The number of hydrogen-bond donors (Lipinski definition) is 2. The van der Waals surface area contributed by atoms with E-state index >= 15 is 0 Å². The second-order valence-electron chi connectivity index (χ2n) is 3.81. The monoisotopic (exact) mass is 299 g/mol. The molecule has 0 spiro atoms. The van der Waals surface area contributed by atoms with Crippen LogP contribution in [0.1, 0.15) is 5.56 Å². The molecule has 0 aliphatic carbocycles. The lowest BCUT2D eigenvalue weighted by atomic mass is 10.1. The van der Waals surface area contributed by atoms with Crippen LogP contribution in [0.4, 0.5) is 18.9 Å². The van der Waals surface area contributed by atoms with Gasteiger partial charge in [0.25, 0.3) is 0 Å². The molecule has 110 valence electrons. The van der Waals surface area contributed by atoms with Crippen LogP contribution >= 0.6 is 0 Å². The van der Waals surface area contributed by atoms with Crippen LogP contribution in [0.15, 0.2) is 36.9 Å². The first kappa shape index (κ1) is 14.5. The number of benzene rings is 1. The lowest BCUT2D eigenvalue weighted by molar-refractivity contribution is -0.137. The quantitative estimate of drug-likeness (QED) is 0.810. The van der Waals surface area contributed by atoms with Gasteiger partial charge in [-0.1, -0.05) is 12.1 Å². The van der Waals surface area contributed by atoms with Crippen molar-refractivity contribution in [3.8, 4) is 0 Å². The van der Waals surface area contributed by atoms with E-state index in [-0.39, 0.29) is 0 Å². The average molecular weight is 299 g/mol. The number of rotatable bonds is 2. The summed E-state index contributed by atoms with van der Waals surface area (Å²) in [6.45, 7) is 0. The van der Waals surface area contributed by atoms with Gasteiger partial charge >= 0.3 is 18.0 Å². The van der Waals surface area contributed by atoms with Gasteiger partial charge in [-0.05, 0) is 12.1 Å². The van der Waals surface area contributed by atoms with E-state index in [4.69, 9.17) is 0 Å². The fraction of sp³-hybridized carbons (Fsp3) is 0.0909. The van der Waals surface area contributed by atoms with Gasteiger partial charge in [0.2, 0.25) is 0 Å². The summed E-state index contributed by atoms with van der Waals surface area (Å²) in [5, 5.41) is 8.67. The topological polar surface area (TPSA) is 88.9 Å². The van der Waals surface area contributed by atoms with Crippen LogP contribution in [0.25, 0.3) is 0 Å². The molecule has 0 bridgehead atoms. The van der Waals surface area contributed by atoms with E-state index in [9.17, 15) is 22.8 Å². The van der Waals surface area contributed by atoms with Gasteiger partial charge in [0, 0.05) is 0 Å². The molecule has 2 aromatic rings. The summed E-state index contributed by atoms with van der Waals surface area (Å²) >= 11 is 0. The minimum Gasteiger partial charge on any atom is -0.317 e. The number of carbonyl (C=O) groups is 2. The van der Waals surface area contributed by atoms with Gasteiger partial charge in [-0.25, -0.2) is 4.68 Å². The lowest BCUT2D eigenvalue weighted by Crippen LogP contribution is -2.34. The highest BCUT2D eigenvalue weighted by molar-refractivity contribution is 6.42. The lowest BCUT2D eigenvalue weighted by Gasteiger charge is -2.13. The smallest absolute Gasteiger partial charge is 0.317 e. The van der Waals surface area contributed by atoms with Gasteiger partial charge in [-0.3, -0.25) is 15.0 Å². The van der Waals surface area contributed by atoms with Gasteiger partial charge < -0.3 is 5.32 Å². The number of nitrogens with one attached hydrogen (secondary N) is 2. The Kier molecular flexibility index (Phi) is 3.87. The van der Waals surface area contributed by atoms with Gasteiger partial charge in [-0.2, -0.15) is 13.2 Å². The third-order valence-electron chi connectivity index (χ3n) is 2.34. The summed E-state index contributed by atoms with van der Waals surface area (Å²) in [5.74, 6) is -2.41. The molecule has 2 N–H and O–H groups in total. The standard InChI is InChI=1S/C11H8F3N5O2/c12-11(13,14)7-3-1-2-4-8(7)17-9(20)10(21)18-19-5-15-16-6-19/h1-6H,(H,17,20)(H,18,21). The Bertz CT molecular complexity index is 654. The molecule has 1 aromatic heterocycles. The van der Waals surface area contributed by atoms with Crippen LogP contribution in [0.2, 0.25) is 0 Å². The molecule has 0 atom stereocenters. The molecule has 0 saturated heterocycles. The summed E-state index contributed by atoms with van der Waals surface area (Å²) in [7, 11) is 0. The molecule has 2 rings (SSSR count). The molecule has 2 amide bonds. The first-order valence-electron chi connectivity index (χ1n) is 5.51. The number of para-hydroxylation sites is 1. The molecule has 1 aromatic carbocycles. The average Bonchev–Trinajstić information content (AvgIpc) is 2.91. The number of hydrogen-bond acceptors (Lipinski definition) is 4. The van der Waals surface area contributed by atoms with Crippen molar-refractivity contribution >= 4 is 17.5 Å². The first-order valence-corrected chi connectivity index (χ1v) is 5.51. The Morgan fingerprint density at radius 2 is 1.67 bits per heavy atom. The zero-order valence-corrected chi connectivity index (χ0v) is 10.3. The maximum absolute atomic E-state index is 12.7. The second-order valence-corrected chi connectivity index (χ2v) is 3.81. The van der Waals surface area contributed by atoms with Gasteiger partial charge in [0.15, 0.2) is 0 Å². The molecular weight excluding hydrogens is 291 g/mol. The number of anilines is 1. The van der Waals surface area contributed by atoms with Crippen LogP contribution in [0.3, 0.4) is 0 Å². The predicted octanol–water partition coefficient (Wildman–Crippen LogP) is 1.01. The molecule has 0 radical (unpaired) electrons. The maximum Gasteiger partial charge on any atom is 0.418 e. The summed E-state index contributed by atoms with van der Waals surface area (Å²) in [6, 6.07) is 4.33. The van der Waals surface area contributed by atoms with Crippen LogP contribution in [0, 0.1) is 0 Å². The highest BCUT2D eigenvalue weighted by Gasteiger charge is 2.34. The van der Waals surface area contributed by atoms with E-state index in [0.29, 0.717) is 0 Å². The van der Waals surface area contributed by atoms with Gasteiger partial charge in [0.1, 0.15) is 12.7 Å². The van der Waals surface area contributed by atoms with Crippen molar-refractivity contribution < 1.29 is 22.8 Å². The van der Waals surface area contributed by atoms with Crippen molar-refractivity contribution in [1.82, 2.24) is 14.9 Å². The molecule has 0 aliphatic rings. The third-order valence-corrected chi connectivity index (χ3v) is 2.34. The molecule has 1 heterocycles. The molecule has 0 saturated carbocycles. The SMILES string of the molecule is O=C(Nc1ccccc1C(F)(F)F)C(=O)Nn1cnnc1. The van der Waals surface area contributed by atoms with Crippen LogP contribution in [-0.4, -0.2) is 26.7 Å². The fourth-order valence-electron chi connectivity index (χ4n) is 1.44. The van der Waals surface area contributed by atoms with Crippen molar-refractivity contribution in [2.24, 2.45) is 0 Å². The van der Waals surface area contributed by atoms with Crippen molar-refractivity contribution in [3.05, 3.63) is 42.5 Å². The molecule has 0 aliphatic heterocycles. The minimum absolute atomic E-state index is 0.506. The third kappa shape index (κ3) is 3.55. The number of alkyl halides is 3. The van der Waals surface area contributed by atoms with Crippen molar-refractivity contribution in [2.45, 2.75) is 6.18 Å². The van der Waals surface area contributed by atoms with Crippen LogP contribution < -0.4 is 10.7 Å². The van der Waals surface area contributed by atoms with E-state index in [1.165, 1.54) is 12.1 Å². The van der Waals surface area contributed by atoms with Crippen molar-refractivity contribution in [1.29, 1.82) is 0 Å². The Balaban J connectivity index is 2.11. The minimum atomic E-state index is -4.64. The largest absolute Gasteiger partial charge is 0.418 e. The molecule has 0 fully saturated rings. The highest BCUT2D eigenvalue weighted by atomic mass is 19.4. The molecule has 0 unspecified atom stereocenters. The number of aromatic nitrogens is 3. The van der Waals surface area contributed by atoms with E-state index in [1.807, 2.05) is 5.32 Å². The number of halogens is 3. The summed E-state index contributed by atoms with van der Waals surface area (Å²) in [5.41, 5.74) is 0.508. The highest BCUT2D eigenvalue weighted by Crippen LogP contribution is 2.34. The number of nitrogens with zero attached hydrogens (tertiary/aromatic N) is 3. The zero-order chi connectivity index (χ0) is 15.5. The second kappa shape index (κ2) is 5.61. The Hall–Kier alpha value is -2.91. The normalized spacial score (nSPS) is 11.0. The number of carbonyl (C=O) groups excluding carboxylic acids is 2. The fourth-order valence-corrected chi connectivity index (χ4v) is 1.44. The molecule has 7 nitrogen and oxygen atoms in total. The Morgan fingerprint density at radius 3 is 2.29 bits per heavy atom. The van der Waals surface area contributed by atoms with E-state index in [2.05, 4.69) is 15.6 Å². The van der Waals surface area contributed by atoms with Gasteiger partial charge in [0.05, 0.1) is 11.3 Å². The Labute approximate surface area is 115 Å². The molecule has 10 heteroatoms. The van der Waals surface area contributed by atoms with Crippen molar-refractivity contribution in [2.75, 3.05) is 10.7 Å². The van der Waals surface area contributed by atoms with E-state index in [0.717, 1.165) is 29.5 Å². The summed E-state index contributed by atoms with van der Waals surface area (Å²) in [4.78, 5) is 23.1. The number of amides is 2. The predicted molar refractivity (Wildman–Crippen MR) is 64.5 cm³/mol.